The summed E-state index contributed by atoms with van der Waals surface area (Å²) in [7, 11) is 0. The third-order valence-electron chi connectivity index (χ3n) is 1.90. The number of alkyl halides is 2. The second-order valence-electron chi connectivity index (χ2n) is 2.90. The van der Waals surface area contributed by atoms with Gasteiger partial charge in [-0.2, -0.15) is 0 Å². The number of hydrogen-bond acceptors (Lipinski definition) is 2. The van der Waals surface area contributed by atoms with Gasteiger partial charge < -0.3 is 4.42 Å². The summed E-state index contributed by atoms with van der Waals surface area (Å²) in [5.41, 5.74) is 0.479. The molecule has 2 aromatic rings. The molecule has 2 rings (SSSR count). The van der Waals surface area contributed by atoms with E-state index >= 15 is 0 Å². The maximum absolute atomic E-state index is 12.4. The third-order valence-corrected chi connectivity index (χ3v) is 2.08. The molecule has 78 valence electrons. The Morgan fingerprint density at radius 3 is 2.73 bits per heavy atom. The summed E-state index contributed by atoms with van der Waals surface area (Å²) in [6.07, 6.45) is -1.10. The van der Waals surface area contributed by atoms with Crippen molar-refractivity contribution in [3.63, 3.8) is 0 Å². The van der Waals surface area contributed by atoms with Crippen LogP contribution in [0.4, 0.5) is 8.78 Å². The Bertz CT molecular complexity index is 470. The number of benzene rings is 1. The molecule has 0 aliphatic carbocycles. The summed E-state index contributed by atoms with van der Waals surface area (Å²) < 4.78 is 29.8. The van der Waals surface area contributed by atoms with Crippen LogP contribution in [0.25, 0.3) is 11.3 Å². The highest BCUT2D eigenvalue weighted by atomic mass is 35.5. The van der Waals surface area contributed by atoms with E-state index in [0.29, 0.717) is 11.3 Å². The van der Waals surface area contributed by atoms with Crippen molar-refractivity contribution >= 4 is 11.6 Å². The molecule has 0 atom stereocenters. The molecular weight excluding hydrogens is 224 g/mol. The van der Waals surface area contributed by atoms with Crippen molar-refractivity contribution in [1.29, 1.82) is 0 Å². The zero-order valence-electron chi connectivity index (χ0n) is 7.45. The molecule has 1 heterocycles. The van der Waals surface area contributed by atoms with Crippen LogP contribution in [0.2, 0.25) is 5.35 Å². The lowest BCUT2D eigenvalue weighted by atomic mass is 10.1. The lowest BCUT2D eigenvalue weighted by Crippen LogP contribution is -1.84. The first kappa shape index (κ1) is 10.1. The number of nitrogens with zero attached hydrogens (tertiary/aromatic N) is 1. The van der Waals surface area contributed by atoms with Crippen molar-refractivity contribution in [3.8, 4) is 11.3 Å². The molecule has 0 bridgehead atoms. The Kier molecular flexibility index (Phi) is 2.68. The molecule has 1 aromatic carbocycles. The summed E-state index contributed by atoms with van der Waals surface area (Å²) in [6, 6.07) is 5.89. The predicted molar refractivity (Wildman–Crippen MR) is 51.9 cm³/mol. The number of hydrogen-bond donors (Lipinski definition) is 0. The number of halogens is 3. The van der Waals surface area contributed by atoms with Crippen molar-refractivity contribution in [3.05, 3.63) is 41.4 Å². The van der Waals surface area contributed by atoms with Crippen LogP contribution in [-0.4, -0.2) is 4.98 Å². The smallest absolute Gasteiger partial charge is 0.292 e. The molecule has 0 spiro atoms. The van der Waals surface area contributed by atoms with Crippen molar-refractivity contribution in [2.45, 2.75) is 6.43 Å². The average Bonchev–Trinajstić information content (AvgIpc) is 2.65. The second kappa shape index (κ2) is 3.98. The highest BCUT2D eigenvalue weighted by molar-refractivity contribution is 6.27. The van der Waals surface area contributed by atoms with Gasteiger partial charge in [0.15, 0.2) is 5.76 Å². The lowest BCUT2D eigenvalue weighted by Gasteiger charge is -2.01. The molecule has 0 aliphatic rings. The van der Waals surface area contributed by atoms with Gasteiger partial charge in [0, 0.05) is 11.1 Å². The molecule has 0 saturated heterocycles. The Morgan fingerprint density at radius 2 is 2.13 bits per heavy atom. The van der Waals surface area contributed by atoms with Gasteiger partial charge in [0.2, 0.25) is 0 Å². The fourth-order valence-corrected chi connectivity index (χ4v) is 1.35. The third kappa shape index (κ3) is 2.15. The monoisotopic (exact) mass is 229 g/mol. The van der Waals surface area contributed by atoms with Gasteiger partial charge >= 0.3 is 0 Å². The Morgan fingerprint density at radius 1 is 1.33 bits per heavy atom. The predicted octanol–water partition coefficient (Wildman–Crippen LogP) is 3.93. The number of oxazole rings is 1. The summed E-state index contributed by atoms with van der Waals surface area (Å²) in [6.45, 7) is 0. The number of rotatable bonds is 2. The van der Waals surface area contributed by atoms with Gasteiger partial charge in [0.1, 0.15) is 0 Å². The van der Waals surface area contributed by atoms with Gasteiger partial charge in [-0.15, -0.1) is 0 Å². The molecule has 0 radical (unpaired) electrons. The summed E-state index contributed by atoms with van der Waals surface area (Å²) >= 11 is 5.49. The van der Waals surface area contributed by atoms with Crippen LogP contribution in [0.3, 0.4) is 0 Å². The molecule has 15 heavy (non-hydrogen) atoms. The van der Waals surface area contributed by atoms with E-state index in [1.807, 2.05) is 0 Å². The molecular formula is C10H6ClF2NO. The fraction of sp³-hybridized carbons (Fsp3) is 0.100. The Hall–Kier alpha value is -1.42. The van der Waals surface area contributed by atoms with Crippen LogP contribution in [0.15, 0.2) is 34.9 Å². The molecule has 5 heteroatoms. The maximum atomic E-state index is 12.4. The molecule has 0 fully saturated rings. The van der Waals surface area contributed by atoms with Crippen LogP contribution in [0, 0.1) is 0 Å². The minimum atomic E-state index is -2.50. The molecule has 2 nitrogen and oxygen atoms in total. The Labute approximate surface area is 89.5 Å². The van der Waals surface area contributed by atoms with Gasteiger partial charge in [0.05, 0.1) is 6.20 Å². The topological polar surface area (TPSA) is 26.0 Å². The number of aromatic nitrogens is 1. The van der Waals surface area contributed by atoms with E-state index in [-0.39, 0.29) is 10.9 Å². The second-order valence-corrected chi connectivity index (χ2v) is 3.23. The summed E-state index contributed by atoms with van der Waals surface area (Å²) in [5.74, 6) is 0.377. The van der Waals surface area contributed by atoms with Crippen molar-refractivity contribution in [2.75, 3.05) is 0 Å². The minimum absolute atomic E-state index is 0.00699. The summed E-state index contributed by atoms with van der Waals surface area (Å²) in [4.78, 5) is 3.68. The molecule has 0 unspecified atom stereocenters. The van der Waals surface area contributed by atoms with E-state index in [1.54, 1.807) is 6.07 Å². The van der Waals surface area contributed by atoms with Gasteiger partial charge in [-0.1, -0.05) is 18.2 Å². The largest absolute Gasteiger partial charge is 0.428 e. The van der Waals surface area contributed by atoms with Crippen LogP contribution in [-0.2, 0) is 0 Å². The SMILES string of the molecule is FC(F)c1cccc(-c2cnc(Cl)o2)c1. The van der Waals surface area contributed by atoms with E-state index in [1.165, 1.54) is 24.4 Å². The quantitative estimate of drug-likeness (QED) is 0.780. The van der Waals surface area contributed by atoms with Crippen LogP contribution >= 0.6 is 11.6 Å². The summed E-state index contributed by atoms with van der Waals surface area (Å²) in [5, 5.41) is -0.00699. The van der Waals surface area contributed by atoms with Gasteiger partial charge in [0.25, 0.3) is 11.8 Å². The zero-order valence-corrected chi connectivity index (χ0v) is 8.21. The first-order valence-corrected chi connectivity index (χ1v) is 4.54. The van der Waals surface area contributed by atoms with Gasteiger partial charge in [-0.25, -0.2) is 13.8 Å². The Balaban J connectivity index is 2.41. The van der Waals surface area contributed by atoms with Crippen molar-refractivity contribution < 1.29 is 13.2 Å². The van der Waals surface area contributed by atoms with Crippen LogP contribution in [0.5, 0.6) is 0 Å². The minimum Gasteiger partial charge on any atom is -0.428 e. The highest BCUT2D eigenvalue weighted by Gasteiger charge is 2.10. The molecule has 0 saturated carbocycles. The van der Waals surface area contributed by atoms with Crippen LogP contribution < -0.4 is 0 Å². The van der Waals surface area contributed by atoms with E-state index < -0.39 is 6.43 Å². The molecule has 1 aromatic heterocycles. The normalized spacial score (nSPS) is 10.9. The van der Waals surface area contributed by atoms with E-state index in [4.69, 9.17) is 16.0 Å². The van der Waals surface area contributed by atoms with Crippen LogP contribution in [0.1, 0.15) is 12.0 Å². The highest BCUT2D eigenvalue weighted by Crippen LogP contribution is 2.26. The van der Waals surface area contributed by atoms with Crippen molar-refractivity contribution in [2.24, 2.45) is 0 Å². The standard InChI is InChI=1S/C10H6ClF2NO/c11-10-14-5-8(15-10)6-2-1-3-7(4-6)9(12)13/h1-5,9H. The molecule has 0 amide bonds. The van der Waals surface area contributed by atoms with E-state index in [0.717, 1.165) is 0 Å². The van der Waals surface area contributed by atoms with Crippen molar-refractivity contribution in [1.82, 2.24) is 4.98 Å². The van der Waals surface area contributed by atoms with E-state index in [9.17, 15) is 8.78 Å². The maximum Gasteiger partial charge on any atom is 0.292 e. The van der Waals surface area contributed by atoms with Gasteiger partial charge in [-0.05, 0) is 17.7 Å². The zero-order chi connectivity index (χ0) is 10.8. The lowest BCUT2D eigenvalue weighted by molar-refractivity contribution is 0.151. The first-order valence-electron chi connectivity index (χ1n) is 4.16. The average molecular weight is 230 g/mol. The van der Waals surface area contributed by atoms with E-state index in [2.05, 4.69) is 4.98 Å². The molecule has 0 N–H and O–H groups in total. The first-order chi connectivity index (χ1) is 7.16. The van der Waals surface area contributed by atoms with Gasteiger partial charge in [-0.3, -0.25) is 0 Å². The molecule has 0 aliphatic heterocycles. The fourth-order valence-electron chi connectivity index (χ4n) is 1.21.